The topological polar surface area (TPSA) is 112 Å². The van der Waals surface area contributed by atoms with Crippen LogP contribution in [0.4, 0.5) is 0 Å². The molecule has 0 amide bonds. The zero-order valence-corrected chi connectivity index (χ0v) is 15.0. The van der Waals surface area contributed by atoms with Gasteiger partial charge in [0.1, 0.15) is 11.0 Å². The smallest absolute Gasteiger partial charge is 0.244 e. The molecule has 2 rings (SSSR count). The molecular weight excluding hydrogens is 320 g/mol. The van der Waals surface area contributed by atoms with Crippen molar-refractivity contribution in [3.63, 3.8) is 0 Å². The summed E-state index contributed by atoms with van der Waals surface area (Å²) in [7, 11) is -3.60. The highest BCUT2D eigenvalue weighted by molar-refractivity contribution is 7.90. The first-order valence-electron chi connectivity index (χ1n) is 7.39. The summed E-state index contributed by atoms with van der Waals surface area (Å²) in [6.45, 7) is 11.1. The standard InChI is InChI=1S/C14H22N4O4S/c1-8(2)11-15-10(21-17-11)7-23(19,20)9(3)12-16-13(18-22-12)14(4,5)6/h8-9H,7H2,1-6H3/t9-/m0/s1. The molecule has 0 aliphatic carbocycles. The van der Waals surface area contributed by atoms with Crippen molar-refractivity contribution in [1.82, 2.24) is 20.3 Å². The van der Waals surface area contributed by atoms with Crippen molar-refractivity contribution in [3.05, 3.63) is 23.4 Å². The summed E-state index contributed by atoms with van der Waals surface area (Å²) >= 11 is 0. The van der Waals surface area contributed by atoms with E-state index in [0.29, 0.717) is 11.6 Å². The molecule has 0 fully saturated rings. The minimum atomic E-state index is -3.60. The molecule has 1 atom stereocenters. The second-order valence-corrected chi connectivity index (χ2v) is 9.18. The van der Waals surface area contributed by atoms with E-state index in [4.69, 9.17) is 9.05 Å². The third-order valence-corrected chi connectivity index (χ3v) is 5.25. The Morgan fingerprint density at radius 3 is 2.17 bits per heavy atom. The van der Waals surface area contributed by atoms with Gasteiger partial charge in [-0.15, -0.1) is 0 Å². The summed E-state index contributed by atoms with van der Waals surface area (Å²) in [5.74, 6) is 0.791. The Hall–Kier alpha value is -1.77. The molecular formula is C14H22N4O4S. The molecule has 0 aromatic carbocycles. The summed E-state index contributed by atoms with van der Waals surface area (Å²) in [5.41, 5.74) is -0.316. The van der Waals surface area contributed by atoms with Crippen LogP contribution in [0.2, 0.25) is 0 Å². The molecule has 2 heterocycles. The minimum absolute atomic E-state index is 0.0658. The summed E-state index contributed by atoms with van der Waals surface area (Å²) in [4.78, 5) is 8.29. The average molecular weight is 342 g/mol. The van der Waals surface area contributed by atoms with Crippen LogP contribution in [0.3, 0.4) is 0 Å². The SMILES string of the molecule is CC(C)c1noc(CS(=O)(=O)[C@@H](C)c2nc(C(C)(C)C)no2)n1. The van der Waals surface area contributed by atoms with Crippen LogP contribution in [0.5, 0.6) is 0 Å². The average Bonchev–Trinajstić information content (AvgIpc) is 3.04. The van der Waals surface area contributed by atoms with Gasteiger partial charge in [0, 0.05) is 11.3 Å². The third-order valence-electron chi connectivity index (χ3n) is 3.32. The number of hydrogen-bond donors (Lipinski definition) is 0. The fourth-order valence-corrected chi connectivity index (χ4v) is 2.83. The predicted octanol–water partition coefficient (Wildman–Crippen LogP) is 2.55. The van der Waals surface area contributed by atoms with Crippen LogP contribution in [0.15, 0.2) is 9.05 Å². The van der Waals surface area contributed by atoms with E-state index < -0.39 is 15.1 Å². The van der Waals surface area contributed by atoms with Crippen LogP contribution in [0.25, 0.3) is 0 Å². The summed E-state index contributed by atoms with van der Waals surface area (Å²) in [6, 6.07) is 0. The van der Waals surface area contributed by atoms with Crippen molar-refractivity contribution in [1.29, 1.82) is 0 Å². The van der Waals surface area contributed by atoms with Gasteiger partial charge in [-0.05, 0) is 6.92 Å². The van der Waals surface area contributed by atoms with E-state index >= 15 is 0 Å². The van der Waals surface area contributed by atoms with E-state index in [2.05, 4.69) is 20.3 Å². The fraction of sp³-hybridized carbons (Fsp3) is 0.714. The zero-order chi connectivity index (χ0) is 17.4. The molecule has 2 aromatic rings. The maximum Gasteiger partial charge on any atom is 0.244 e. The maximum atomic E-state index is 12.5. The lowest BCUT2D eigenvalue weighted by Gasteiger charge is -2.11. The summed E-state index contributed by atoms with van der Waals surface area (Å²) in [6.07, 6.45) is 0. The highest BCUT2D eigenvalue weighted by Crippen LogP contribution is 2.26. The molecule has 0 aliphatic heterocycles. The van der Waals surface area contributed by atoms with Crippen LogP contribution < -0.4 is 0 Å². The van der Waals surface area contributed by atoms with Gasteiger partial charge in [0.2, 0.25) is 11.8 Å². The lowest BCUT2D eigenvalue weighted by atomic mass is 9.96. The van der Waals surface area contributed by atoms with E-state index in [0.717, 1.165) is 0 Å². The Morgan fingerprint density at radius 1 is 1.04 bits per heavy atom. The van der Waals surface area contributed by atoms with Crippen LogP contribution >= 0.6 is 0 Å². The van der Waals surface area contributed by atoms with Crippen LogP contribution in [0.1, 0.15) is 76.1 Å². The van der Waals surface area contributed by atoms with Crippen molar-refractivity contribution < 1.29 is 17.5 Å². The van der Waals surface area contributed by atoms with Gasteiger partial charge in [-0.3, -0.25) is 0 Å². The molecule has 0 N–H and O–H groups in total. The van der Waals surface area contributed by atoms with Crippen LogP contribution in [-0.2, 0) is 21.0 Å². The van der Waals surface area contributed by atoms with Gasteiger partial charge in [0.05, 0.1) is 0 Å². The largest absolute Gasteiger partial charge is 0.338 e. The highest BCUT2D eigenvalue weighted by atomic mass is 32.2. The Labute approximate surface area is 135 Å². The molecule has 0 bridgehead atoms. The fourth-order valence-electron chi connectivity index (χ4n) is 1.72. The van der Waals surface area contributed by atoms with Crippen molar-refractivity contribution in [2.45, 2.75) is 63.9 Å². The first-order valence-corrected chi connectivity index (χ1v) is 9.10. The number of aromatic nitrogens is 4. The maximum absolute atomic E-state index is 12.5. The first-order chi connectivity index (χ1) is 10.5. The Bertz CT molecular complexity index is 771. The number of rotatable bonds is 5. The molecule has 0 aliphatic rings. The Morgan fingerprint density at radius 2 is 1.70 bits per heavy atom. The number of hydrogen-bond acceptors (Lipinski definition) is 8. The summed E-state index contributed by atoms with van der Waals surface area (Å²) in [5, 5.41) is 6.68. The van der Waals surface area contributed by atoms with E-state index in [-0.39, 0.29) is 28.9 Å². The normalized spacial score (nSPS) is 14.4. The lowest BCUT2D eigenvalue weighted by Crippen LogP contribution is -2.16. The minimum Gasteiger partial charge on any atom is -0.338 e. The van der Waals surface area contributed by atoms with Crippen molar-refractivity contribution >= 4 is 9.84 Å². The Kier molecular flexibility index (Phi) is 4.61. The Balaban J connectivity index is 2.19. The molecule has 0 saturated heterocycles. The van der Waals surface area contributed by atoms with E-state index in [9.17, 15) is 8.42 Å². The second-order valence-electron chi connectivity index (χ2n) is 6.86. The van der Waals surface area contributed by atoms with E-state index in [1.807, 2.05) is 34.6 Å². The molecule has 128 valence electrons. The van der Waals surface area contributed by atoms with Gasteiger partial charge in [-0.2, -0.15) is 9.97 Å². The monoisotopic (exact) mass is 342 g/mol. The zero-order valence-electron chi connectivity index (χ0n) is 14.2. The molecule has 2 aromatic heterocycles. The van der Waals surface area contributed by atoms with Gasteiger partial charge in [0.15, 0.2) is 21.5 Å². The van der Waals surface area contributed by atoms with Crippen molar-refractivity contribution in [2.24, 2.45) is 0 Å². The van der Waals surface area contributed by atoms with Gasteiger partial charge in [-0.1, -0.05) is 44.9 Å². The van der Waals surface area contributed by atoms with Gasteiger partial charge in [0.25, 0.3) is 0 Å². The van der Waals surface area contributed by atoms with E-state index in [1.54, 1.807) is 0 Å². The first kappa shape index (κ1) is 17.6. The molecule has 8 nitrogen and oxygen atoms in total. The van der Waals surface area contributed by atoms with Gasteiger partial charge >= 0.3 is 0 Å². The van der Waals surface area contributed by atoms with Gasteiger partial charge < -0.3 is 9.05 Å². The van der Waals surface area contributed by atoms with Gasteiger partial charge in [-0.25, -0.2) is 8.42 Å². The quantitative estimate of drug-likeness (QED) is 0.814. The molecule has 0 unspecified atom stereocenters. The molecule has 23 heavy (non-hydrogen) atoms. The molecule has 0 saturated carbocycles. The molecule has 0 radical (unpaired) electrons. The van der Waals surface area contributed by atoms with E-state index in [1.165, 1.54) is 6.92 Å². The third kappa shape index (κ3) is 3.95. The van der Waals surface area contributed by atoms with Crippen molar-refractivity contribution in [3.8, 4) is 0 Å². The summed E-state index contributed by atoms with van der Waals surface area (Å²) < 4.78 is 35.1. The predicted molar refractivity (Wildman–Crippen MR) is 82.4 cm³/mol. The van der Waals surface area contributed by atoms with Crippen molar-refractivity contribution in [2.75, 3.05) is 0 Å². The van der Waals surface area contributed by atoms with Crippen LogP contribution in [-0.4, -0.2) is 28.7 Å². The molecule has 0 spiro atoms. The second kappa shape index (κ2) is 6.03. The molecule has 9 heteroatoms. The lowest BCUT2D eigenvalue weighted by molar-refractivity contribution is 0.360. The number of sulfone groups is 1. The van der Waals surface area contributed by atoms with Crippen LogP contribution in [0, 0.1) is 0 Å². The number of nitrogens with zero attached hydrogens (tertiary/aromatic N) is 4. The highest BCUT2D eigenvalue weighted by Gasteiger charge is 2.32.